The monoisotopic (exact) mass is 434 g/mol. The zero-order valence-corrected chi connectivity index (χ0v) is 19.4. The number of amides is 2. The maximum atomic E-state index is 12.8. The average Bonchev–Trinajstić information content (AvgIpc) is 3.32. The van der Waals surface area contributed by atoms with Gasteiger partial charge in [-0.1, -0.05) is 6.92 Å². The molecule has 2 heterocycles. The van der Waals surface area contributed by atoms with Crippen molar-refractivity contribution in [1.29, 1.82) is 0 Å². The zero-order chi connectivity index (χ0) is 21.6. The van der Waals surface area contributed by atoms with Crippen LogP contribution in [0.3, 0.4) is 0 Å². The number of nitrogens with one attached hydrogen (secondary N) is 1. The molecule has 0 aromatic heterocycles. The number of carbonyl (C=O) groups is 2. The van der Waals surface area contributed by atoms with Crippen molar-refractivity contribution in [2.24, 2.45) is 17.8 Å². The third kappa shape index (κ3) is 6.44. The molecule has 2 aliphatic heterocycles. The van der Waals surface area contributed by atoms with Gasteiger partial charge >= 0.3 is 0 Å². The number of ether oxygens (including phenoxy) is 2. The SMILES string of the molecule is CC1CCN(C(=O)C2CCC(NC(=O)C3CCC(OCC4CCCO4)CC3)CC2)CC1. The van der Waals surface area contributed by atoms with Gasteiger partial charge in [0.1, 0.15) is 0 Å². The van der Waals surface area contributed by atoms with Gasteiger partial charge in [-0.25, -0.2) is 0 Å². The maximum absolute atomic E-state index is 12.8. The Morgan fingerprint density at radius 1 is 0.903 bits per heavy atom. The predicted molar refractivity (Wildman–Crippen MR) is 120 cm³/mol. The minimum Gasteiger partial charge on any atom is -0.376 e. The van der Waals surface area contributed by atoms with E-state index in [4.69, 9.17) is 9.47 Å². The van der Waals surface area contributed by atoms with E-state index < -0.39 is 0 Å². The zero-order valence-electron chi connectivity index (χ0n) is 19.4. The molecule has 4 fully saturated rings. The number of hydrogen-bond acceptors (Lipinski definition) is 4. The second-order valence-corrected chi connectivity index (χ2v) is 10.5. The molecule has 1 unspecified atom stereocenters. The number of carbonyl (C=O) groups excluding carboxylic acids is 2. The highest BCUT2D eigenvalue weighted by atomic mass is 16.5. The van der Waals surface area contributed by atoms with E-state index in [1.807, 2.05) is 0 Å². The van der Waals surface area contributed by atoms with Gasteiger partial charge in [0.15, 0.2) is 0 Å². The minimum atomic E-state index is 0.122. The van der Waals surface area contributed by atoms with Crippen LogP contribution >= 0.6 is 0 Å². The average molecular weight is 435 g/mol. The molecule has 176 valence electrons. The summed E-state index contributed by atoms with van der Waals surface area (Å²) in [4.78, 5) is 27.7. The lowest BCUT2D eigenvalue weighted by Gasteiger charge is -2.36. The first-order valence-electron chi connectivity index (χ1n) is 12.9. The van der Waals surface area contributed by atoms with E-state index in [2.05, 4.69) is 17.1 Å². The molecule has 4 rings (SSSR count). The first kappa shape index (κ1) is 23.0. The fourth-order valence-corrected chi connectivity index (χ4v) is 5.80. The van der Waals surface area contributed by atoms with Crippen LogP contribution in [-0.2, 0) is 19.1 Å². The van der Waals surface area contributed by atoms with Crippen LogP contribution in [0.5, 0.6) is 0 Å². The van der Waals surface area contributed by atoms with Gasteiger partial charge in [0.2, 0.25) is 11.8 Å². The van der Waals surface area contributed by atoms with Crippen molar-refractivity contribution in [2.45, 2.75) is 102 Å². The Balaban J connectivity index is 1.11. The number of piperidine rings is 1. The first-order chi connectivity index (χ1) is 15.1. The van der Waals surface area contributed by atoms with E-state index in [-0.39, 0.29) is 36.0 Å². The number of nitrogens with zero attached hydrogens (tertiary/aromatic N) is 1. The van der Waals surface area contributed by atoms with Gasteiger partial charge in [0, 0.05) is 37.6 Å². The number of rotatable bonds is 6. The Bertz CT molecular complexity index is 582. The van der Waals surface area contributed by atoms with Crippen molar-refractivity contribution in [3.63, 3.8) is 0 Å². The number of likely N-dealkylation sites (tertiary alicyclic amines) is 1. The van der Waals surface area contributed by atoms with Crippen LogP contribution in [0.2, 0.25) is 0 Å². The molecular formula is C25H42N2O4. The van der Waals surface area contributed by atoms with Crippen LogP contribution in [0.25, 0.3) is 0 Å². The molecule has 2 aliphatic carbocycles. The van der Waals surface area contributed by atoms with Crippen LogP contribution in [0, 0.1) is 17.8 Å². The van der Waals surface area contributed by atoms with Gasteiger partial charge in [-0.3, -0.25) is 9.59 Å². The minimum absolute atomic E-state index is 0.122. The second-order valence-electron chi connectivity index (χ2n) is 10.5. The normalized spacial score (nSPS) is 35.1. The summed E-state index contributed by atoms with van der Waals surface area (Å²) in [5.74, 6) is 1.61. The Labute approximate surface area is 187 Å². The predicted octanol–water partition coefficient (Wildman–Crippen LogP) is 3.67. The Morgan fingerprint density at radius 3 is 2.23 bits per heavy atom. The van der Waals surface area contributed by atoms with Crippen molar-refractivity contribution >= 4 is 11.8 Å². The Hall–Kier alpha value is -1.14. The quantitative estimate of drug-likeness (QED) is 0.693. The third-order valence-electron chi connectivity index (χ3n) is 8.10. The summed E-state index contributed by atoms with van der Waals surface area (Å²) in [6.07, 6.45) is 12.6. The molecule has 4 aliphatic rings. The number of hydrogen-bond donors (Lipinski definition) is 1. The highest BCUT2D eigenvalue weighted by Crippen LogP contribution is 2.30. The molecule has 2 saturated heterocycles. The molecule has 0 aromatic rings. The van der Waals surface area contributed by atoms with E-state index in [0.717, 1.165) is 103 Å². The smallest absolute Gasteiger partial charge is 0.225 e. The van der Waals surface area contributed by atoms with Crippen molar-refractivity contribution in [3.8, 4) is 0 Å². The lowest BCUT2D eigenvalue weighted by Crippen LogP contribution is -2.46. The van der Waals surface area contributed by atoms with Crippen molar-refractivity contribution in [2.75, 3.05) is 26.3 Å². The van der Waals surface area contributed by atoms with Crippen LogP contribution in [-0.4, -0.2) is 61.3 Å². The van der Waals surface area contributed by atoms with Crippen molar-refractivity contribution in [1.82, 2.24) is 10.2 Å². The van der Waals surface area contributed by atoms with Crippen LogP contribution in [0.4, 0.5) is 0 Å². The van der Waals surface area contributed by atoms with E-state index >= 15 is 0 Å². The summed E-state index contributed by atoms with van der Waals surface area (Å²) < 4.78 is 11.7. The van der Waals surface area contributed by atoms with Crippen molar-refractivity contribution in [3.05, 3.63) is 0 Å². The molecule has 1 N–H and O–H groups in total. The summed E-state index contributed by atoms with van der Waals surface area (Å²) in [7, 11) is 0. The van der Waals surface area contributed by atoms with Gasteiger partial charge < -0.3 is 19.7 Å². The summed E-state index contributed by atoms with van der Waals surface area (Å²) >= 11 is 0. The van der Waals surface area contributed by atoms with Crippen LogP contribution < -0.4 is 5.32 Å². The Morgan fingerprint density at radius 2 is 1.58 bits per heavy atom. The van der Waals surface area contributed by atoms with Gasteiger partial charge in [-0.15, -0.1) is 0 Å². The van der Waals surface area contributed by atoms with Gasteiger partial charge in [-0.2, -0.15) is 0 Å². The topological polar surface area (TPSA) is 67.9 Å². The second kappa shape index (κ2) is 11.1. The van der Waals surface area contributed by atoms with E-state index in [1.165, 1.54) is 0 Å². The lowest BCUT2D eigenvalue weighted by molar-refractivity contribution is -0.138. The van der Waals surface area contributed by atoms with Crippen LogP contribution in [0.15, 0.2) is 0 Å². The molecule has 2 saturated carbocycles. The van der Waals surface area contributed by atoms with Gasteiger partial charge in [-0.05, 0) is 83.0 Å². The van der Waals surface area contributed by atoms with Gasteiger partial charge in [0.05, 0.1) is 18.8 Å². The molecule has 6 heteroatoms. The molecule has 0 bridgehead atoms. The molecular weight excluding hydrogens is 392 g/mol. The highest BCUT2D eigenvalue weighted by Gasteiger charge is 2.33. The summed E-state index contributed by atoms with van der Waals surface area (Å²) in [6.45, 7) is 5.71. The molecule has 0 radical (unpaired) electrons. The maximum Gasteiger partial charge on any atom is 0.225 e. The fraction of sp³-hybridized carbons (Fsp3) is 0.920. The van der Waals surface area contributed by atoms with E-state index in [9.17, 15) is 9.59 Å². The van der Waals surface area contributed by atoms with Crippen LogP contribution in [0.1, 0.15) is 84.0 Å². The highest BCUT2D eigenvalue weighted by molar-refractivity contribution is 5.80. The molecule has 1 atom stereocenters. The van der Waals surface area contributed by atoms with Gasteiger partial charge in [0.25, 0.3) is 0 Å². The largest absolute Gasteiger partial charge is 0.376 e. The Kier molecular flexibility index (Phi) is 8.27. The summed E-state index contributed by atoms with van der Waals surface area (Å²) in [5, 5.41) is 3.30. The van der Waals surface area contributed by atoms with E-state index in [0.29, 0.717) is 12.5 Å². The van der Waals surface area contributed by atoms with E-state index in [1.54, 1.807) is 0 Å². The standard InChI is InChI=1S/C25H42N2O4/c1-18-12-14-27(15-13-18)25(29)20-4-8-21(9-5-20)26-24(28)19-6-10-22(11-7-19)31-17-23-3-2-16-30-23/h18-23H,2-17H2,1H3,(H,26,28). The lowest BCUT2D eigenvalue weighted by atomic mass is 9.83. The molecule has 2 amide bonds. The molecule has 6 nitrogen and oxygen atoms in total. The summed E-state index contributed by atoms with van der Waals surface area (Å²) in [5.41, 5.74) is 0. The molecule has 0 spiro atoms. The third-order valence-corrected chi connectivity index (χ3v) is 8.10. The van der Waals surface area contributed by atoms with Crippen molar-refractivity contribution < 1.29 is 19.1 Å². The molecule has 31 heavy (non-hydrogen) atoms. The first-order valence-corrected chi connectivity index (χ1v) is 12.9. The summed E-state index contributed by atoms with van der Waals surface area (Å²) in [6, 6.07) is 0.242. The fourth-order valence-electron chi connectivity index (χ4n) is 5.80. The molecule has 0 aromatic carbocycles.